The number of halogens is 2. The molecule has 2 aromatic carbocycles. The van der Waals surface area contributed by atoms with E-state index < -0.39 is 11.6 Å². The molecule has 0 aliphatic carbocycles. The van der Waals surface area contributed by atoms with Gasteiger partial charge >= 0.3 is 0 Å². The predicted molar refractivity (Wildman–Crippen MR) is 109 cm³/mol. The Kier molecular flexibility index (Phi) is 6.23. The van der Waals surface area contributed by atoms with Crippen molar-refractivity contribution in [2.75, 3.05) is 13.1 Å². The molecule has 1 amide bonds. The maximum absolute atomic E-state index is 13.6. The molecule has 1 saturated heterocycles. The highest BCUT2D eigenvalue weighted by atomic mass is 19.2. The molecule has 30 heavy (non-hydrogen) atoms. The normalized spacial score (nSPS) is 19.5. The van der Waals surface area contributed by atoms with Crippen LogP contribution < -0.4 is 5.32 Å². The number of piperidine rings is 1. The van der Waals surface area contributed by atoms with Gasteiger partial charge < -0.3 is 9.73 Å². The van der Waals surface area contributed by atoms with Crippen molar-refractivity contribution in [2.45, 2.75) is 25.4 Å². The van der Waals surface area contributed by atoms with E-state index in [9.17, 15) is 13.6 Å². The summed E-state index contributed by atoms with van der Waals surface area (Å²) in [4.78, 5) is 15.0. The van der Waals surface area contributed by atoms with E-state index in [1.807, 2.05) is 24.3 Å². The van der Waals surface area contributed by atoms with Crippen molar-refractivity contribution < 1.29 is 18.0 Å². The second-order valence-electron chi connectivity index (χ2n) is 7.78. The molecular weight excluding hydrogens is 386 g/mol. The van der Waals surface area contributed by atoms with Crippen molar-refractivity contribution in [1.82, 2.24) is 10.2 Å². The first kappa shape index (κ1) is 20.3. The van der Waals surface area contributed by atoms with Crippen molar-refractivity contribution in [3.8, 4) is 0 Å². The van der Waals surface area contributed by atoms with Gasteiger partial charge in [0.05, 0.1) is 18.7 Å². The van der Waals surface area contributed by atoms with Gasteiger partial charge in [0.1, 0.15) is 5.76 Å². The lowest BCUT2D eigenvalue weighted by molar-refractivity contribution is -0.127. The summed E-state index contributed by atoms with van der Waals surface area (Å²) in [7, 11) is 0. The summed E-state index contributed by atoms with van der Waals surface area (Å²) >= 11 is 0. The molecule has 156 valence electrons. The van der Waals surface area contributed by atoms with Crippen molar-refractivity contribution >= 4 is 5.91 Å². The Labute approximate surface area is 174 Å². The van der Waals surface area contributed by atoms with Crippen molar-refractivity contribution in [2.24, 2.45) is 5.92 Å². The van der Waals surface area contributed by atoms with Gasteiger partial charge in [-0.2, -0.15) is 0 Å². The van der Waals surface area contributed by atoms with E-state index in [0.717, 1.165) is 19.0 Å². The summed E-state index contributed by atoms with van der Waals surface area (Å²) in [6.07, 6.45) is 2.32. The Balaban J connectivity index is 1.49. The average molecular weight is 410 g/mol. The number of hydrogen-bond acceptors (Lipinski definition) is 3. The molecule has 1 aromatic heterocycles. The van der Waals surface area contributed by atoms with Crippen LogP contribution in [0.4, 0.5) is 8.78 Å². The van der Waals surface area contributed by atoms with Crippen LogP contribution in [-0.4, -0.2) is 23.9 Å². The Bertz CT molecular complexity index is 976. The Morgan fingerprint density at radius 3 is 2.60 bits per heavy atom. The topological polar surface area (TPSA) is 45.5 Å². The number of furan rings is 1. The SMILES string of the molecule is O=C(NCc1ccco1)C1CC(c2ccccc2)CN(Cc2ccc(F)c(F)c2)C1. The molecule has 0 saturated carbocycles. The van der Waals surface area contributed by atoms with Crippen LogP contribution >= 0.6 is 0 Å². The number of hydrogen-bond donors (Lipinski definition) is 1. The number of rotatable bonds is 6. The predicted octanol–water partition coefficient (Wildman–Crippen LogP) is 4.48. The van der Waals surface area contributed by atoms with Gasteiger partial charge in [0.15, 0.2) is 11.6 Å². The van der Waals surface area contributed by atoms with E-state index in [-0.39, 0.29) is 17.7 Å². The summed E-state index contributed by atoms with van der Waals surface area (Å²) in [6.45, 7) is 2.13. The second-order valence-corrected chi connectivity index (χ2v) is 7.78. The molecule has 0 radical (unpaired) electrons. The van der Waals surface area contributed by atoms with E-state index in [1.165, 1.54) is 11.6 Å². The zero-order valence-corrected chi connectivity index (χ0v) is 16.6. The molecule has 1 fully saturated rings. The number of carbonyl (C=O) groups excluding carboxylic acids is 1. The molecule has 2 unspecified atom stereocenters. The molecule has 0 spiro atoms. The first-order valence-corrected chi connectivity index (χ1v) is 10.1. The minimum Gasteiger partial charge on any atom is -0.467 e. The smallest absolute Gasteiger partial charge is 0.224 e. The molecule has 2 heterocycles. The lowest BCUT2D eigenvalue weighted by Crippen LogP contribution is -2.45. The number of amides is 1. The van der Waals surface area contributed by atoms with E-state index in [1.54, 1.807) is 18.4 Å². The summed E-state index contributed by atoms with van der Waals surface area (Å²) < 4.78 is 32.2. The third-order valence-corrected chi connectivity index (χ3v) is 5.58. The van der Waals surface area contributed by atoms with E-state index >= 15 is 0 Å². The summed E-state index contributed by atoms with van der Waals surface area (Å²) in [5.74, 6) is -1.04. The standard InChI is InChI=1S/C24H24F2N2O2/c25-22-9-8-17(11-23(22)26)14-28-15-19(18-5-2-1-3-6-18)12-20(16-28)24(29)27-13-21-7-4-10-30-21/h1-11,19-20H,12-16H2,(H,27,29). The quantitative estimate of drug-likeness (QED) is 0.652. The first-order valence-electron chi connectivity index (χ1n) is 10.1. The molecule has 4 rings (SSSR count). The lowest BCUT2D eigenvalue weighted by atomic mass is 9.84. The number of benzene rings is 2. The summed E-state index contributed by atoms with van der Waals surface area (Å²) in [5.41, 5.74) is 1.87. The van der Waals surface area contributed by atoms with Gasteiger partial charge in [-0.25, -0.2) is 8.78 Å². The Morgan fingerprint density at radius 2 is 1.87 bits per heavy atom. The van der Waals surface area contributed by atoms with Crippen LogP contribution in [0, 0.1) is 17.6 Å². The number of nitrogens with zero attached hydrogens (tertiary/aromatic N) is 1. The van der Waals surface area contributed by atoms with Crippen LogP contribution in [0.2, 0.25) is 0 Å². The minimum absolute atomic E-state index is 0.0256. The zero-order chi connectivity index (χ0) is 20.9. The van der Waals surface area contributed by atoms with E-state index in [4.69, 9.17) is 4.42 Å². The second kappa shape index (κ2) is 9.22. The van der Waals surface area contributed by atoms with E-state index in [2.05, 4.69) is 22.3 Å². The van der Waals surface area contributed by atoms with Crippen LogP contribution in [0.1, 0.15) is 29.2 Å². The van der Waals surface area contributed by atoms with Crippen LogP contribution in [0.5, 0.6) is 0 Å². The van der Waals surface area contributed by atoms with Crippen molar-refractivity contribution in [3.05, 3.63) is 95.4 Å². The van der Waals surface area contributed by atoms with Crippen molar-refractivity contribution in [1.29, 1.82) is 0 Å². The number of carbonyl (C=O) groups is 1. The average Bonchev–Trinajstić information content (AvgIpc) is 3.29. The van der Waals surface area contributed by atoms with Gasteiger partial charge in [0.2, 0.25) is 5.91 Å². The van der Waals surface area contributed by atoms with Gasteiger partial charge in [0, 0.05) is 19.6 Å². The van der Waals surface area contributed by atoms with Gasteiger partial charge in [-0.3, -0.25) is 9.69 Å². The van der Waals surface area contributed by atoms with Crippen molar-refractivity contribution in [3.63, 3.8) is 0 Å². The molecule has 1 aliphatic rings. The fourth-order valence-corrected chi connectivity index (χ4v) is 4.10. The molecule has 1 aliphatic heterocycles. The zero-order valence-electron chi connectivity index (χ0n) is 16.6. The maximum Gasteiger partial charge on any atom is 0.224 e. The highest BCUT2D eigenvalue weighted by molar-refractivity contribution is 5.79. The Hall–Kier alpha value is -2.99. The molecule has 6 heteroatoms. The van der Waals surface area contributed by atoms with Crippen LogP contribution in [0.15, 0.2) is 71.3 Å². The third kappa shape index (κ3) is 4.94. The van der Waals surface area contributed by atoms with Gasteiger partial charge in [-0.05, 0) is 47.7 Å². The summed E-state index contributed by atoms with van der Waals surface area (Å²) in [6, 6.07) is 17.7. The maximum atomic E-state index is 13.6. The molecule has 0 bridgehead atoms. The van der Waals surface area contributed by atoms with Crippen LogP contribution in [0.25, 0.3) is 0 Å². The fraction of sp³-hybridized carbons (Fsp3) is 0.292. The van der Waals surface area contributed by atoms with Gasteiger partial charge in [0.25, 0.3) is 0 Å². The highest BCUT2D eigenvalue weighted by Crippen LogP contribution is 2.31. The monoisotopic (exact) mass is 410 g/mol. The Morgan fingerprint density at radius 1 is 1.03 bits per heavy atom. The van der Waals surface area contributed by atoms with Gasteiger partial charge in [-0.1, -0.05) is 36.4 Å². The largest absolute Gasteiger partial charge is 0.467 e. The molecule has 1 N–H and O–H groups in total. The molecule has 2 atom stereocenters. The van der Waals surface area contributed by atoms with Crippen LogP contribution in [0.3, 0.4) is 0 Å². The highest BCUT2D eigenvalue weighted by Gasteiger charge is 2.32. The summed E-state index contributed by atoms with van der Waals surface area (Å²) in [5, 5.41) is 2.96. The van der Waals surface area contributed by atoms with Crippen LogP contribution in [-0.2, 0) is 17.9 Å². The fourth-order valence-electron chi connectivity index (χ4n) is 4.10. The number of nitrogens with one attached hydrogen (secondary N) is 1. The minimum atomic E-state index is -0.852. The lowest BCUT2D eigenvalue weighted by Gasteiger charge is -2.37. The van der Waals surface area contributed by atoms with E-state index in [0.29, 0.717) is 31.0 Å². The molecular formula is C24H24F2N2O2. The van der Waals surface area contributed by atoms with Gasteiger partial charge in [-0.15, -0.1) is 0 Å². The third-order valence-electron chi connectivity index (χ3n) is 5.58. The first-order chi connectivity index (χ1) is 14.6. The number of likely N-dealkylation sites (tertiary alicyclic amines) is 1. The molecule has 4 nitrogen and oxygen atoms in total. The molecule has 3 aromatic rings.